The van der Waals surface area contributed by atoms with Crippen molar-refractivity contribution in [3.8, 4) is 0 Å². The van der Waals surface area contributed by atoms with Crippen LogP contribution in [0, 0.1) is 5.92 Å². The second-order valence-electron chi connectivity index (χ2n) is 7.68. The molecule has 154 valence electrons. The van der Waals surface area contributed by atoms with Crippen LogP contribution in [0.2, 0.25) is 10.0 Å². The number of carbonyl (C=O) groups is 2. The molecule has 1 unspecified atom stereocenters. The monoisotopic (exact) mass is 450 g/mol. The maximum Gasteiger partial charge on any atom is 0.242 e. The first kappa shape index (κ1) is 20.7. The number of carbonyl (C=O) groups excluding carboxylic acids is 2. The Labute approximate surface area is 185 Å². The molecule has 2 aromatic rings. The fourth-order valence-electron chi connectivity index (χ4n) is 4.16. The van der Waals surface area contributed by atoms with Crippen molar-refractivity contribution in [2.45, 2.75) is 38.6 Å². The van der Waals surface area contributed by atoms with E-state index in [-0.39, 0.29) is 30.3 Å². The molecule has 1 atom stereocenters. The molecule has 2 amide bonds. The van der Waals surface area contributed by atoms with Gasteiger partial charge in [0.05, 0.1) is 12.6 Å². The molecule has 1 aromatic heterocycles. The van der Waals surface area contributed by atoms with Crippen molar-refractivity contribution in [2.75, 3.05) is 19.6 Å². The maximum atomic E-state index is 13.4. The highest BCUT2D eigenvalue weighted by Gasteiger charge is 2.36. The standard InChI is InChI=1S/C22H24Cl2N2O2S/c1-2-25(22(28)14-4-3-5-14)13-20(27)26-10-8-19-17(9-11-29-19)21(26)16-7-6-15(23)12-18(16)24/h6-7,9,11-12,14,21H,2-5,8,10,13H2,1H3. The lowest BCUT2D eigenvalue weighted by Gasteiger charge is -2.38. The molecule has 1 aliphatic carbocycles. The van der Waals surface area contributed by atoms with E-state index in [0.29, 0.717) is 23.1 Å². The Balaban J connectivity index is 1.62. The quantitative estimate of drug-likeness (QED) is 0.629. The van der Waals surface area contributed by atoms with E-state index in [9.17, 15) is 9.59 Å². The number of benzene rings is 1. The summed E-state index contributed by atoms with van der Waals surface area (Å²) in [4.78, 5) is 30.9. The highest BCUT2D eigenvalue weighted by molar-refractivity contribution is 7.10. The minimum Gasteiger partial charge on any atom is -0.333 e. The lowest BCUT2D eigenvalue weighted by Crippen LogP contribution is -2.48. The molecule has 4 rings (SSSR count). The molecule has 1 aliphatic heterocycles. The molecule has 7 heteroatoms. The van der Waals surface area contributed by atoms with Gasteiger partial charge in [0, 0.05) is 33.9 Å². The fraction of sp³-hybridized carbons (Fsp3) is 0.455. The summed E-state index contributed by atoms with van der Waals surface area (Å²) in [6, 6.07) is 7.26. The van der Waals surface area contributed by atoms with Crippen molar-refractivity contribution in [1.82, 2.24) is 9.80 Å². The molecule has 29 heavy (non-hydrogen) atoms. The summed E-state index contributed by atoms with van der Waals surface area (Å²) < 4.78 is 0. The molecule has 1 saturated carbocycles. The van der Waals surface area contributed by atoms with E-state index >= 15 is 0 Å². The summed E-state index contributed by atoms with van der Waals surface area (Å²) in [6.07, 6.45) is 3.80. The van der Waals surface area contributed by atoms with Gasteiger partial charge >= 0.3 is 0 Å². The second kappa shape index (κ2) is 8.66. The van der Waals surface area contributed by atoms with E-state index in [4.69, 9.17) is 23.2 Å². The number of hydrogen-bond donors (Lipinski definition) is 0. The van der Waals surface area contributed by atoms with Crippen LogP contribution >= 0.6 is 34.5 Å². The summed E-state index contributed by atoms with van der Waals surface area (Å²) in [6.45, 7) is 3.22. The van der Waals surface area contributed by atoms with Gasteiger partial charge in [-0.1, -0.05) is 35.7 Å². The number of amides is 2. The molecular weight excluding hydrogens is 427 g/mol. The van der Waals surface area contributed by atoms with E-state index in [1.165, 1.54) is 4.88 Å². The van der Waals surface area contributed by atoms with Gasteiger partial charge in [0.1, 0.15) is 0 Å². The van der Waals surface area contributed by atoms with Crippen LogP contribution in [0.15, 0.2) is 29.6 Å². The molecule has 1 aromatic carbocycles. The van der Waals surface area contributed by atoms with Gasteiger partial charge in [-0.15, -0.1) is 11.3 Å². The number of nitrogens with zero attached hydrogens (tertiary/aromatic N) is 2. The zero-order valence-electron chi connectivity index (χ0n) is 16.4. The zero-order chi connectivity index (χ0) is 20.5. The number of rotatable bonds is 5. The summed E-state index contributed by atoms with van der Waals surface area (Å²) in [7, 11) is 0. The Bertz CT molecular complexity index is 925. The normalized spacial score (nSPS) is 18.9. The largest absolute Gasteiger partial charge is 0.333 e. The maximum absolute atomic E-state index is 13.4. The Kier molecular flexibility index (Phi) is 6.19. The summed E-state index contributed by atoms with van der Waals surface area (Å²) in [5.41, 5.74) is 1.99. The number of halogens is 2. The van der Waals surface area contributed by atoms with Gasteiger partial charge in [-0.25, -0.2) is 0 Å². The Morgan fingerprint density at radius 1 is 1.21 bits per heavy atom. The van der Waals surface area contributed by atoms with Gasteiger partial charge in [0.2, 0.25) is 11.8 Å². The molecule has 0 spiro atoms. The topological polar surface area (TPSA) is 40.6 Å². The smallest absolute Gasteiger partial charge is 0.242 e. The van der Waals surface area contributed by atoms with Crippen LogP contribution in [0.1, 0.15) is 48.2 Å². The predicted molar refractivity (Wildman–Crippen MR) is 118 cm³/mol. The van der Waals surface area contributed by atoms with Crippen molar-refractivity contribution in [2.24, 2.45) is 5.92 Å². The molecule has 0 radical (unpaired) electrons. The second-order valence-corrected chi connectivity index (χ2v) is 9.53. The van der Waals surface area contributed by atoms with Crippen molar-refractivity contribution in [3.05, 3.63) is 55.7 Å². The lowest BCUT2D eigenvalue weighted by atomic mass is 9.84. The first-order valence-corrected chi connectivity index (χ1v) is 11.7. The number of likely N-dealkylation sites (N-methyl/N-ethyl adjacent to an activating group) is 1. The van der Waals surface area contributed by atoms with E-state index < -0.39 is 0 Å². The van der Waals surface area contributed by atoms with Crippen molar-refractivity contribution >= 4 is 46.4 Å². The van der Waals surface area contributed by atoms with E-state index in [2.05, 4.69) is 11.4 Å². The zero-order valence-corrected chi connectivity index (χ0v) is 18.7. The van der Waals surface area contributed by atoms with Crippen LogP contribution < -0.4 is 0 Å². The Morgan fingerprint density at radius 3 is 2.66 bits per heavy atom. The Hall–Kier alpha value is -1.56. The number of thiophene rings is 1. The van der Waals surface area contributed by atoms with Gasteiger partial charge in [-0.05, 0) is 60.9 Å². The van der Waals surface area contributed by atoms with Crippen LogP contribution in [0.5, 0.6) is 0 Å². The fourth-order valence-corrected chi connectivity index (χ4v) is 5.57. The van der Waals surface area contributed by atoms with Gasteiger partial charge in [-0.2, -0.15) is 0 Å². The van der Waals surface area contributed by atoms with Crippen molar-refractivity contribution in [3.63, 3.8) is 0 Å². The van der Waals surface area contributed by atoms with E-state index in [0.717, 1.165) is 36.8 Å². The van der Waals surface area contributed by atoms with Crippen LogP contribution in [0.25, 0.3) is 0 Å². The van der Waals surface area contributed by atoms with Crippen LogP contribution in [0.4, 0.5) is 0 Å². The first-order valence-electron chi connectivity index (χ1n) is 10.1. The molecule has 0 bridgehead atoms. The van der Waals surface area contributed by atoms with Gasteiger partial charge in [-0.3, -0.25) is 9.59 Å². The summed E-state index contributed by atoms with van der Waals surface area (Å²) in [5.74, 6) is 0.169. The third kappa shape index (κ3) is 4.05. The highest BCUT2D eigenvalue weighted by atomic mass is 35.5. The molecule has 0 saturated heterocycles. The highest BCUT2D eigenvalue weighted by Crippen LogP contribution is 2.41. The van der Waals surface area contributed by atoms with Crippen molar-refractivity contribution in [1.29, 1.82) is 0 Å². The molecule has 0 N–H and O–H groups in total. The number of hydrogen-bond acceptors (Lipinski definition) is 3. The molecule has 2 aliphatic rings. The average Bonchev–Trinajstić information content (AvgIpc) is 3.13. The third-order valence-electron chi connectivity index (χ3n) is 6.02. The van der Waals surface area contributed by atoms with Crippen molar-refractivity contribution < 1.29 is 9.59 Å². The van der Waals surface area contributed by atoms with E-state index in [1.807, 2.05) is 24.0 Å². The molecule has 1 fully saturated rings. The minimum absolute atomic E-state index is 0.0348. The minimum atomic E-state index is -0.250. The third-order valence-corrected chi connectivity index (χ3v) is 7.58. The average molecular weight is 451 g/mol. The van der Waals surface area contributed by atoms with Crippen LogP contribution in [-0.2, 0) is 16.0 Å². The summed E-state index contributed by atoms with van der Waals surface area (Å²) in [5, 5.41) is 3.19. The Morgan fingerprint density at radius 2 is 2.00 bits per heavy atom. The molecule has 2 heterocycles. The molecule has 4 nitrogen and oxygen atoms in total. The van der Waals surface area contributed by atoms with Gasteiger partial charge in [0.15, 0.2) is 0 Å². The van der Waals surface area contributed by atoms with Crippen LogP contribution in [-0.4, -0.2) is 41.2 Å². The van der Waals surface area contributed by atoms with Gasteiger partial charge in [0.25, 0.3) is 0 Å². The SMILES string of the molecule is CCN(CC(=O)N1CCc2sccc2C1c1ccc(Cl)cc1Cl)C(=O)C1CCC1. The first-order chi connectivity index (χ1) is 14.0. The lowest BCUT2D eigenvalue weighted by molar-refractivity contribution is -0.145. The van der Waals surface area contributed by atoms with Crippen LogP contribution in [0.3, 0.4) is 0 Å². The summed E-state index contributed by atoms with van der Waals surface area (Å²) >= 11 is 14.3. The molecular formula is C22H24Cl2N2O2S. The predicted octanol–water partition coefficient (Wildman–Crippen LogP) is 5.18. The number of fused-ring (bicyclic) bond motifs is 1. The van der Waals surface area contributed by atoms with Gasteiger partial charge < -0.3 is 9.80 Å². The van der Waals surface area contributed by atoms with E-state index in [1.54, 1.807) is 22.3 Å².